The third-order valence-corrected chi connectivity index (χ3v) is 4.33. The summed E-state index contributed by atoms with van der Waals surface area (Å²) in [7, 11) is 1.65. The van der Waals surface area contributed by atoms with Gasteiger partial charge in [-0.25, -0.2) is 0 Å². The summed E-state index contributed by atoms with van der Waals surface area (Å²) in [6.07, 6.45) is 3.39. The van der Waals surface area contributed by atoms with Crippen molar-refractivity contribution in [1.29, 1.82) is 0 Å². The number of hydrogen-bond acceptors (Lipinski definition) is 3. The van der Waals surface area contributed by atoms with Gasteiger partial charge < -0.3 is 15.4 Å². The normalized spacial score (nSPS) is 19.8. The lowest BCUT2D eigenvalue weighted by Crippen LogP contribution is -2.43. The average Bonchev–Trinajstić information content (AvgIpc) is 2.96. The number of methoxy groups -OCH3 is 1. The van der Waals surface area contributed by atoms with Gasteiger partial charge >= 0.3 is 0 Å². The van der Waals surface area contributed by atoms with Crippen LogP contribution in [0.15, 0.2) is 24.3 Å². The minimum absolute atomic E-state index is 0.0218. The molecule has 0 bridgehead atoms. The summed E-state index contributed by atoms with van der Waals surface area (Å²) >= 11 is 6.27. The van der Waals surface area contributed by atoms with Crippen LogP contribution in [-0.4, -0.2) is 37.1 Å². The van der Waals surface area contributed by atoms with E-state index in [0.29, 0.717) is 13.0 Å². The van der Waals surface area contributed by atoms with Crippen LogP contribution in [0.2, 0.25) is 5.02 Å². The van der Waals surface area contributed by atoms with E-state index in [0.717, 1.165) is 36.4 Å². The van der Waals surface area contributed by atoms with Gasteiger partial charge in [-0.05, 0) is 37.3 Å². The molecule has 1 aliphatic heterocycles. The summed E-state index contributed by atoms with van der Waals surface area (Å²) in [5, 5.41) is 0.718. The molecule has 0 saturated carbocycles. The number of benzene rings is 1. The van der Waals surface area contributed by atoms with E-state index in [1.54, 1.807) is 7.11 Å². The number of nitrogens with two attached hydrogens (primary N) is 1. The number of likely N-dealkylation sites (tertiary alicyclic amines) is 1. The molecule has 21 heavy (non-hydrogen) atoms. The Morgan fingerprint density at radius 2 is 2.29 bits per heavy atom. The van der Waals surface area contributed by atoms with Gasteiger partial charge in [0.2, 0.25) is 5.91 Å². The molecule has 116 valence electrons. The molecule has 0 aromatic heterocycles. The summed E-state index contributed by atoms with van der Waals surface area (Å²) < 4.78 is 5.01. The van der Waals surface area contributed by atoms with Gasteiger partial charge in [0, 0.05) is 25.3 Å². The lowest BCUT2D eigenvalue weighted by Gasteiger charge is -2.28. The van der Waals surface area contributed by atoms with Crippen LogP contribution in [0.25, 0.3) is 0 Å². The molecule has 0 radical (unpaired) electrons. The quantitative estimate of drug-likeness (QED) is 0.822. The van der Waals surface area contributed by atoms with E-state index in [2.05, 4.69) is 0 Å². The van der Waals surface area contributed by atoms with Crippen molar-refractivity contribution in [3.05, 3.63) is 34.9 Å². The first kappa shape index (κ1) is 16.3. The fourth-order valence-electron chi connectivity index (χ4n) is 2.88. The average molecular weight is 311 g/mol. The summed E-state index contributed by atoms with van der Waals surface area (Å²) in [6.45, 7) is 1.39. The Morgan fingerprint density at radius 3 is 3.00 bits per heavy atom. The van der Waals surface area contributed by atoms with Gasteiger partial charge in [-0.15, -0.1) is 0 Å². The molecule has 0 aliphatic carbocycles. The Morgan fingerprint density at radius 1 is 1.52 bits per heavy atom. The summed E-state index contributed by atoms with van der Waals surface area (Å²) in [6, 6.07) is 7.33. The predicted octanol–water partition coefficient (Wildman–Crippen LogP) is 2.76. The highest BCUT2D eigenvalue weighted by atomic mass is 35.5. The van der Waals surface area contributed by atoms with Crippen LogP contribution in [0.1, 0.15) is 37.3 Å². The van der Waals surface area contributed by atoms with Gasteiger partial charge in [0.25, 0.3) is 0 Å². The van der Waals surface area contributed by atoms with Crippen LogP contribution in [0.4, 0.5) is 0 Å². The molecule has 5 heteroatoms. The van der Waals surface area contributed by atoms with Gasteiger partial charge in [-0.1, -0.05) is 29.8 Å². The zero-order valence-corrected chi connectivity index (χ0v) is 13.2. The molecule has 1 saturated heterocycles. The Balaban J connectivity index is 2.04. The van der Waals surface area contributed by atoms with E-state index >= 15 is 0 Å². The molecular weight excluding hydrogens is 288 g/mol. The third kappa shape index (κ3) is 3.96. The first-order valence-corrected chi connectivity index (χ1v) is 7.82. The molecule has 1 heterocycles. The number of halogens is 1. The SMILES string of the molecule is COCCCC(N)C(=O)N1CCCC1c1ccccc1Cl. The second-order valence-corrected chi connectivity index (χ2v) is 5.86. The van der Waals surface area contributed by atoms with Gasteiger partial charge in [0.1, 0.15) is 0 Å². The van der Waals surface area contributed by atoms with Gasteiger partial charge in [0.05, 0.1) is 12.1 Å². The standard InChI is InChI=1S/C16H23ClN2O2/c1-21-11-5-8-14(18)16(20)19-10-4-9-15(19)12-6-2-3-7-13(12)17/h2-3,6-7,14-15H,4-5,8-11,18H2,1H3. The molecule has 1 aromatic rings. The maximum Gasteiger partial charge on any atom is 0.239 e. The van der Waals surface area contributed by atoms with Crippen molar-refractivity contribution in [3.63, 3.8) is 0 Å². The van der Waals surface area contributed by atoms with Crippen LogP contribution >= 0.6 is 11.6 Å². The van der Waals surface area contributed by atoms with Crippen molar-refractivity contribution < 1.29 is 9.53 Å². The largest absolute Gasteiger partial charge is 0.385 e. The Kier molecular flexibility index (Phi) is 6.03. The topological polar surface area (TPSA) is 55.6 Å². The molecule has 2 unspecified atom stereocenters. The van der Waals surface area contributed by atoms with Crippen LogP contribution in [0, 0.1) is 0 Å². The zero-order chi connectivity index (χ0) is 15.2. The number of carbonyl (C=O) groups is 1. The molecule has 1 amide bonds. The first-order valence-electron chi connectivity index (χ1n) is 7.44. The molecule has 1 fully saturated rings. The predicted molar refractivity (Wildman–Crippen MR) is 84.2 cm³/mol. The minimum atomic E-state index is -0.455. The lowest BCUT2D eigenvalue weighted by atomic mass is 10.0. The molecule has 2 rings (SSSR count). The highest BCUT2D eigenvalue weighted by Crippen LogP contribution is 2.36. The van der Waals surface area contributed by atoms with Gasteiger partial charge in [-0.3, -0.25) is 4.79 Å². The van der Waals surface area contributed by atoms with E-state index in [1.165, 1.54) is 0 Å². The molecular formula is C16H23ClN2O2. The van der Waals surface area contributed by atoms with E-state index in [4.69, 9.17) is 22.1 Å². The first-order chi connectivity index (χ1) is 10.1. The number of rotatable bonds is 6. The van der Waals surface area contributed by atoms with E-state index in [9.17, 15) is 4.79 Å². The summed E-state index contributed by atoms with van der Waals surface area (Å²) in [5.41, 5.74) is 7.06. The summed E-state index contributed by atoms with van der Waals surface area (Å²) in [4.78, 5) is 14.4. The second kappa shape index (κ2) is 7.78. The minimum Gasteiger partial charge on any atom is -0.385 e. The Bertz CT molecular complexity index is 481. The fraction of sp³-hybridized carbons (Fsp3) is 0.562. The second-order valence-electron chi connectivity index (χ2n) is 5.45. The van der Waals surface area contributed by atoms with E-state index in [1.807, 2.05) is 29.2 Å². The molecule has 1 aliphatic rings. The zero-order valence-electron chi connectivity index (χ0n) is 12.4. The van der Waals surface area contributed by atoms with Crippen molar-refractivity contribution >= 4 is 17.5 Å². The molecule has 1 aromatic carbocycles. The van der Waals surface area contributed by atoms with Crippen molar-refractivity contribution in [1.82, 2.24) is 4.90 Å². The maximum atomic E-state index is 12.6. The number of carbonyl (C=O) groups excluding carboxylic acids is 1. The van der Waals surface area contributed by atoms with Crippen molar-refractivity contribution in [2.45, 2.75) is 37.8 Å². The third-order valence-electron chi connectivity index (χ3n) is 3.98. The van der Waals surface area contributed by atoms with Crippen LogP contribution in [0.3, 0.4) is 0 Å². The fourth-order valence-corrected chi connectivity index (χ4v) is 3.14. The Hall–Kier alpha value is -1.10. The number of hydrogen-bond donors (Lipinski definition) is 1. The Labute approximate surface area is 131 Å². The van der Waals surface area contributed by atoms with Gasteiger partial charge in [-0.2, -0.15) is 0 Å². The summed E-state index contributed by atoms with van der Waals surface area (Å²) in [5.74, 6) is 0.0218. The van der Waals surface area contributed by atoms with Crippen molar-refractivity contribution in [3.8, 4) is 0 Å². The number of ether oxygens (including phenoxy) is 1. The maximum absolute atomic E-state index is 12.6. The van der Waals surface area contributed by atoms with Crippen molar-refractivity contribution in [2.24, 2.45) is 5.73 Å². The monoisotopic (exact) mass is 310 g/mol. The van der Waals surface area contributed by atoms with Crippen LogP contribution in [-0.2, 0) is 9.53 Å². The smallest absolute Gasteiger partial charge is 0.239 e. The number of amides is 1. The number of nitrogens with zero attached hydrogens (tertiary/aromatic N) is 1. The molecule has 2 atom stereocenters. The highest BCUT2D eigenvalue weighted by Gasteiger charge is 2.33. The van der Waals surface area contributed by atoms with E-state index in [-0.39, 0.29) is 11.9 Å². The molecule has 4 nitrogen and oxygen atoms in total. The van der Waals surface area contributed by atoms with E-state index < -0.39 is 6.04 Å². The highest BCUT2D eigenvalue weighted by molar-refractivity contribution is 6.31. The van der Waals surface area contributed by atoms with Crippen molar-refractivity contribution in [2.75, 3.05) is 20.3 Å². The van der Waals surface area contributed by atoms with Crippen LogP contribution < -0.4 is 5.73 Å². The van der Waals surface area contributed by atoms with Gasteiger partial charge in [0.15, 0.2) is 0 Å². The lowest BCUT2D eigenvalue weighted by molar-refractivity contribution is -0.133. The van der Waals surface area contributed by atoms with Crippen LogP contribution in [0.5, 0.6) is 0 Å². The molecule has 2 N–H and O–H groups in total. The molecule has 0 spiro atoms.